The Bertz CT molecular complexity index is 823. The van der Waals surface area contributed by atoms with Gasteiger partial charge in [-0.15, -0.1) is 0 Å². The topological polar surface area (TPSA) is 64.6 Å². The fourth-order valence-corrected chi connectivity index (χ4v) is 3.38. The molecule has 3 N–H and O–H groups in total. The molecule has 0 radical (unpaired) electrons. The van der Waals surface area contributed by atoms with Crippen LogP contribution >= 0.6 is 0 Å². The summed E-state index contributed by atoms with van der Waals surface area (Å²) in [6.07, 6.45) is -3.49. The first-order chi connectivity index (χ1) is 13.9. The Hall–Kier alpha value is -2.55. The molecule has 0 spiro atoms. The van der Waals surface area contributed by atoms with E-state index in [0.29, 0.717) is 45.1 Å². The minimum atomic E-state index is -4.16. The lowest BCUT2D eigenvalue weighted by Crippen LogP contribution is -2.45. The Kier molecular flexibility index (Phi) is 7.13. The number of likely N-dealkylation sites (tertiary alicyclic amines) is 1. The zero-order valence-electron chi connectivity index (χ0n) is 16.5. The number of halogens is 3. The van der Waals surface area contributed by atoms with Gasteiger partial charge in [0.25, 0.3) is 0 Å². The van der Waals surface area contributed by atoms with Crippen molar-refractivity contribution in [3.63, 3.8) is 0 Å². The highest BCUT2D eigenvalue weighted by Crippen LogP contribution is 2.20. The Morgan fingerprint density at radius 2 is 2.07 bits per heavy atom. The molecule has 9 heteroatoms. The van der Waals surface area contributed by atoms with Crippen molar-refractivity contribution in [3.8, 4) is 0 Å². The molecule has 0 saturated carbocycles. The SMILES string of the molecule is CCNC(=NCCNc1ccc2ccccc2n1)NC1CCN(CC(F)(F)F)C1. The molecule has 1 aliphatic heterocycles. The predicted molar refractivity (Wildman–Crippen MR) is 110 cm³/mol. The average molecular weight is 408 g/mol. The molecule has 0 amide bonds. The molecule has 29 heavy (non-hydrogen) atoms. The molecule has 1 aliphatic rings. The van der Waals surface area contributed by atoms with Crippen LogP contribution in [0.2, 0.25) is 0 Å². The highest BCUT2D eigenvalue weighted by molar-refractivity contribution is 5.80. The Morgan fingerprint density at radius 1 is 1.24 bits per heavy atom. The number of rotatable bonds is 7. The third kappa shape index (κ3) is 6.77. The molecule has 158 valence electrons. The van der Waals surface area contributed by atoms with Crippen LogP contribution in [0.15, 0.2) is 41.4 Å². The zero-order valence-corrected chi connectivity index (χ0v) is 16.5. The van der Waals surface area contributed by atoms with Crippen LogP contribution < -0.4 is 16.0 Å². The Balaban J connectivity index is 1.47. The van der Waals surface area contributed by atoms with Crippen molar-refractivity contribution in [1.29, 1.82) is 0 Å². The maximum absolute atomic E-state index is 12.5. The van der Waals surface area contributed by atoms with Crippen LogP contribution in [0.3, 0.4) is 0 Å². The number of nitrogens with one attached hydrogen (secondary N) is 3. The standard InChI is InChI=1S/C20H27F3N6/c1-2-24-19(27-16-9-12-29(13-16)14-20(21,22)23)26-11-10-25-18-8-7-15-5-3-4-6-17(15)28-18/h3-8,16H,2,9-14H2,1H3,(H,25,28)(H2,24,26,27). The van der Waals surface area contributed by atoms with Gasteiger partial charge in [0.2, 0.25) is 0 Å². The lowest BCUT2D eigenvalue weighted by atomic mass is 10.2. The van der Waals surface area contributed by atoms with Crippen LogP contribution in [0.4, 0.5) is 19.0 Å². The van der Waals surface area contributed by atoms with Gasteiger partial charge in [-0.25, -0.2) is 4.98 Å². The van der Waals surface area contributed by atoms with Crippen LogP contribution in [-0.4, -0.2) is 67.3 Å². The molecule has 1 atom stereocenters. The fourth-order valence-electron chi connectivity index (χ4n) is 3.38. The first kappa shape index (κ1) is 21.2. The van der Waals surface area contributed by atoms with Crippen molar-refractivity contribution in [2.24, 2.45) is 4.99 Å². The van der Waals surface area contributed by atoms with Crippen molar-refractivity contribution in [1.82, 2.24) is 20.5 Å². The van der Waals surface area contributed by atoms with Gasteiger partial charge in [0.05, 0.1) is 18.6 Å². The normalized spacial score (nSPS) is 18.2. The molecular formula is C20H27F3N6. The Morgan fingerprint density at radius 3 is 2.86 bits per heavy atom. The van der Waals surface area contributed by atoms with Gasteiger partial charge in [-0.05, 0) is 31.5 Å². The molecule has 1 aromatic carbocycles. The molecular weight excluding hydrogens is 381 g/mol. The molecule has 2 aromatic rings. The van der Waals surface area contributed by atoms with Gasteiger partial charge in [0.1, 0.15) is 5.82 Å². The summed E-state index contributed by atoms with van der Waals surface area (Å²) >= 11 is 0. The second kappa shape index (κ2) is 9.78. The Labute approximate surface area is 168 Å². The summed E-state index contributed by atoms with van der Waals surface area (Å²) < 4.78 is 37.6. The fraction of sp³-hybridized carbons (Fsp3) is 0.500. The molecule has 0 bridgehead atoms. The molecule has 1 fully saturated rings. The summed E-state index contributed by atoms with van der Waals surface area (Å²) in [5, 5.41) is 10.7. The van der Waals surface area contributed by atoms with Gasteiger partial charge < -0.3 is 16.0 Å². The lowest BCUT2D eigenvalue weighted by Gasteiger charge is -2.19. The molecule has 3 rings (SSSR count). The van der Waals surface area contributed by atoms with E-state index in [-0.39, 0.29) is 6.04 Å². The van der Waals surface area contributed by atoms with Crippen molar-refractivity contribution in [2.45, 2.75) is 25.6 Å². The second-order valence-electron chi connectivity index (χ2n) is 7.06. The van der Waals surface area contributed by atoms with E-state index in [1.54, 1.807) is 0 Å². The van der Waals surface area contributed by atoms with Crippen LogP contribution in [0.1, 0.15) is 13.3 Å². The number of fused-ring (bicyclic) bond motifs is 1. The van der Waals surface area contributed by atoms with Crippen molar-refractivity contribution in [3.05, 3.63) is 36.4 Å². The average Bonchev–Trinajstić information content (AvgIpc) is 3.10. The third-order valence-corrected chi connectivity index (χ3v) is 4.65. The van der Waals surface area contributed by atoms with E-state index >= 15 is 0 Å². The number of guanidine groups is 1. The van der Waals surface area contributed by atoms with E-state index in [2.05, 4.69) is 25.9 Å². The molecule has 1 unspecified atom stereocenters. The zero-order chi connectivity index (χ0) is 20.7. The number of hydrogen-bond acceptors (Lipinski definition) is 4. The van der Waals surface area contributed by atoms with Gasteiger partial charge in [0.15, 0.2) is 5.96 Å². The number of nitrogens with zero attached hydrogens (tertiary/aromatic N) is 3. The molecule has 1 aromatic heterocycles. The van der Waals surface area contributed by atoms with E-state index in [1.807, 2.05) is 43.3 Å². The van der Waals surface area contributed by atoms with Crippen molar-refractivity contribution in [2.75, 3.05) is 44.6 Å². The number of hydrogen-bond donors (Lipinski definition) is 3. The summed E-state index contributed by atoms with van der Waals surface area (Å²) in [4.78, 5) is 10.5. The van der Waals surface area contributed by atoms with Gasteiger partial charge in [0, 0.05) is 37.6 Å². The van der Waals surface area contributed by atoms with Gasteiger partial charge in [-0.2, -0.15) is 13.2 Å². The molecule has 0 aliphatic carbocycles. The summed E-state index contributed by atoms with van der Waals surface area (Å²) in [6, 6.07) is 11.8. The number of alkyl halides is 3. The first-order valence-corrected chi connectivity index (χ1v) is 9.86. The smallest absolute Gasteiger partial charge is 0.368 e. The number of para-hydroxylation sites is 1. The number of aromatic nitrogens is 1. The largest absolute Gasteiger partial charge is 0.401 e. The van der Waals surface area contributed by atoms with Crippen LogP contribution in [-0.2, 0) is 0 Å². The van der Waals surface area contributed by atoms with Gasteiger partial charge in [-0.3, -0.25) is 9.89 Å². The summed E-state index contributed by atoms with van der Waals surface area (Å²) in [5.74, 6) is 1.41. The minimum Gasteiger partial charge on any atom is -0.368 e. The molecule has 2 heterocycles. The summed E-state index contributed by atoms with van der Waals surface area (Å²) in [7, 11) is 0. The van der Waals surface area contributed by atoms with E-state index in [0.717, 1.165) is 16.7 Å². The number of benzene rings is 1. The number of aliphatic imine (C=N–C) groups is 1. The maximum atomic E-state index is 12.5. The van der Waals surface area contributed by atoms with E-state index in [4.69, 9.17) is 0 Å². The van der Waals surface area contributed by atoms with Gasteiger partial charge >= 0.3 is 6.18 Å². The van der Waals surface area contributed by atoms with Crippen LogP contribution in [0, 0.1) is 0 Å². The first-order valence-electron chi connectivity index (χ1n) is 9.86. The van der Waals surface area contributed by atoms with E-state index in [1.165, 1.54) is 4.90 Å². The highest BCUT2D eigenvalue weighted by Gasteiger charge is 2.34. The van der Waals surface area contributed by atoms with Gasteiger partial charge in [-0.1, -0.05) is 18.2 Å². The summed E-state index contributed by atoms with van der Waals surface area (Å²) in [5.41, 5.74) is 0.931. The maximum Gasteiger partial charge on any atom is 0.401 e. The summed E-state index contributed by atoms with van der Waals surface area (Å²) in [6.45, 7) is 3.70. The highest BCUT2D eigenvalue weighted by atomic mass is 19.4. The quantitative estimate of drug-likeness (QED) is 0.374. The third-order valence-electron chi connectivity index (χ3n) is 4.65. The van der Waals surface area contributed by atoms with Crippen LogP contribution in [0.25, 0.3) is 10.9 Å². The number of pyridine rings is 1. The monoisotopic (exact) mass is 408 g/mol. The second-order valence-corrected chi connectivity index (χ2v) is 7.06. The minimum absolute atomic E-state index is 0.0368. The molecule has 6 nitrogen and oxygen atoms in total. The van der Waals surface area contributed by atoms with E-state index in [9.17, 15) is 13.2 Å². The van der Waals surface area contributed by atoms with E-state index < -0.39 is 12.7 Å². The number of anilines is 1. The predicted octanol–water partition coefficient (Wildman–Crippen LogP) is 2.84. The molecule has 1 saturated heterocycles. The lowest BCUT2D eigenvalue weighted by molar-refractivity contribution is -0.143. The van der Waals surface area contributed by atoms with Crippen LogP contribution in [0.5, 0.6) is 0 Å². The van der Waals surface area contributed by atoms with Crippen molar-refractivity contribution < 1.29 is 13.2 Å². The van der Waals surface area contributed by atoms with Crippen molar-refractivity contribution >= 4 is 22.7 Å².